The van der Waals surface area contributed by atoms with Gasteiger partial charge in [0.1, 0.15) is 0 Å². The SMILES string of the molecule is CC1(C)c2cc(C3CCNCC3)ccc2C(=O)c2c1[nH]c1cc(C#N)ccc21. The smallest absolute Gasteiger partial charge is 0.195 e. The van der Waals surface area contributed by atoms with E-state index in [-0.39, 0.29) is 11.2 Å². The number of aromatic nitrogens is 1. The Morgan fingerprint density at radius 1 is 1.11 bits per heavy atom. The van der Waals surface area contributed by atoms with Gasteiger partial charge in [0.05, 0.1) is 17.2 Å². The van der Waals surface area contributed by atoms with Gasteiger partial charge >= 0.3 is 0 Å². The van der Waals surface area contributed by atoms with Crippen LogP contribution in [0.1, 0.15) is 70.9 Å². The Labute approximate surface area is 164 Å². The van der Waals surface area contributed by atoms with Crippen molar-refractivity contribution >= 4 is 16.7 Å². The highest BCUT2D eigenvalue weighted by molar-refractivity contribution is 6.20. The van der Waals surface area contributed by atoms with Crippen LogP contribution in [-0.4, -0.2) is 23.9 Å². The highest BCUT2D eigenvalue weighted by atomic mass is 16.1. The van der Waals surface area contributed by atoms with E-state index in [0.29, 0.717) is 11.5 Å². The molecule has 0 atom stereocenters. The van der Waals surface area contributed by atoms with Crippen molar-refractivity contribution in [2.45, 2.75) is 38.0 Å². The average Bonchev–Trinajstić information content (AvgIpc) is 3.12. The van der Waals surface area contributed by atoms with Crippen molar-refractivity contribution in [2.75, 3.05) is 13.1 Å². The van der Waals surface area contributed by atoms with Crippen LogP contribution in [0.4, 0.5) is 0 Å². The Morgan fingerprint density at radius 2 is 1.89 bits per heavy atom. The van der Waals surface area contributed by atoms with E-state index >= 15 is 0 Å². The number of hydrogen-bond acceptors (Lipinski definition) is 3. The highest BCUT2D eigenvalue weighted by Gasteiger charge is 2.40. The Hall–Kier alpha value is -2.90. The van der Waals surface area contributed by atoms with E-state index < -0.39 is 0 Å². The molecular weight excluding hydrogens is 346 g/mol. The predicted octanol–water partition coefficient (Wildman–Crippen LogP) is 4.38. The van der Waals surface area contributed by atoms with Crippen LogP contribution in [0.5, 0.6) is 0 Å². The molecule has 2 aromatic carbocycles. The fourth-order valence-electron chi connectivity index (χ4n) is 4.93. The first-order valence-corrected chi connectivity index (χ1v) is 9.97. The van der Waals surface area contributed by atoms with E-state index in [9.17, 15) is 10.1 Å². The van der Waals surface area contributed by atoms with Crippen molar-refractivity contribution in [2.24, 2.45) is 0 Å². The second kappa shape index (κ2) is 6.05. The molecular formula is C24H23N3O. The van der Waals surface area contributed by atoms with Crippen molar-refractivity contribution in [3.8, 4) is 6.07 Å². The normalized spacial score (nSPS) is 18.5. The lowest BCUT2D eigenvalue weighted by Crippen LogP contribution is -2.31. The molecule has 28 heavy (non-hydrogen) atoms. The number of nitriles is 1. The minimum Gasteiger partial charge on any atom is -0.357 e. The Kier molecular flexibility index (Phi) is 3.72. The monoisotopic (exact) mass is 369 g/mol. The number of carbonyl (C=O) groups is 1. The molecule has 2 N–H and O–H groups in total. The molecule has 0 spiro atoms. The molecule has 4 nitrogen and oxygen atoms in total. The van der Waals surface area contributed by atoms with Crippen molar-refractivity contribution in [3.63, 3.8) is 0 Å². The molecule has 1 aliphatic carbocycles. The quantitative estimate of drug-likeness (QED) is 0.669. The minimum atomic E-state index is -0.298. The Morgan fingerprint density at radius 3 is 2.64 bits per heavy atom. The topological polar surface area (TPSA) is 68.7 Å². The molecule has 2 heterocycles. The van der Waals surface area contributed by atoms with Crippen molar-refractivity contribution in [3.05, 3.63) is 69.9 Å². The maximum absolute atomic E-state index is 13.4. The zero-order valence-corrected chi connectivity index (χ0v) is 16.2. The van der Waals surface area contributed by atoms with E-state index in [1.165, 1.54) is 5.56 Å². The number of nitrogens with zero attached hydrogens (tertiary/aromatic N) is 1. The number of H-pyrrole nitrogens is 1. The number of fused-ring (bicyclic) bond motifs is 4. The van der Waals surface area contributed by atoms with Gasteiger partial charge in [0, 0.05) is 27.6 Å². The molecule has 1 fully saturated rings. The van der Waals surface area contributed by atoms with Gasteiger partial charge in [-0.2, -0.15) is 5.26 Å². The zero-order valence-electron chi connectivity index (χ0n) is 16.2. The first-order valence-electron chi connectivity index (χ1n) is 9.97. The largest absolute Gasteiger partial charge is 0.357 e. The van der Waals surface area contributed by atoms with E-state index in [1.54, 1.807) is 6.07 Å². The van der Waals surface area contributed by atoms with Crippen LogP contribution in [0.25, 0.3) is 10.9 Å². The summed E-state index contributed by atoms with van der Waals surface area (Å²) in [6, 6.07) is 14.1. The van der Waals surface area contributed by atoms with Gasteiger partial charge in [0.15, 0.2) is 5.78 Å². The van der Waals surface area contributed by atoms with Gasteiger partial charge in [-0.05, 0) is 55.1 Å². The number of aromatic amines is 1. The summed E-state index contributed by atoms with van der Waals surface area (Å²) in [5, 5.41) is 13.5. The second-order valence-electron chi connectivity index (χ2n) is 8.53. The number of hydrogen-bond donors (Lipinski definition) is 2. The highest BCUT2D eigenvalue weighted by Crippen LogP contribution is 2.44. The molecule has 0 amide bonds. The first kappa shape index (κ1) is 17.2. The van der Waals surface area contributed by atoms with E-state index in [2.05, 4.69) is 42.4 Å². The zero-order chi connectivity index (χ0) is 19.5. The van der Waals surface area contributed by atoms with Crippen LogP contribution in [-0.2, 0) is 5.41 Å². The Bertz CT molecular complexity index is 1160. The number of rotatable bonds is 1. The van der Waals surface area contributed by atoms with Crippen LogP contribution >= 0.6 is 0 Å². The fraction of sp³-hybridized carbons (Fsp3) is 0.333. The van der Waals surface area contributed by atoms with Gasteiger partial charge in [-0.25, -0.2) is 0 Å². The van der Waals surface area contributed by atoms with Crippen LogP contribution in [0, 0.1) is 11.3 Å². The minimum absolute atomic E-state index is 0.0807. The third-order valence-corrected chi connectivity index (χ3v) is 6.55. The molecule has 1 aromatic heterocycles. The summed E-state index contributed by atoms with van der Waals surface area (Å²) in [5.41, 5.74) is 6.12. The number of benzene rings is 2. The molecule has 140 valence electrons. The third-order valence-electron chi connectivity index (χ3n) is 6.55. The van der Waals surface area contributed by atoms with Gasteiger partial charge in [-0.15, -0.1) is 0 Å². The summed E-state index contributed by atoms with van der Waals surface area (Å²) in [4.78, 5) is 16.9. The summed E-state index contributed by atoms with van der Waals surface area (Å²) in [5.74, 6) is 0.636. The maximum atomic E-state index is 13.4. The molecule has 2 aliphatic rings. The average molecular weight is 369 g/mol. The van der Waals surface area contributed by atoms with Crippen molar-refractivity contribution < 1.29 is 4.79 Å². The number of ketones is 1. The summed E-state index contributed by atoms with van der Waals surface area (Å²) in [6.45, 7) is 6.47. The maximum Gasteiger partial charge on any atom is 0.195 e. The molecule has 5 rings (SSSR count). The van der Waals surface area contributed by atoms with E-state index in [0.717, 1.165) is 59.2 Å². The lowest BCUT2D eigenvalue weighted by molar-refractivity contribution is 0.103. The second-order valence-corrected chi connectivity index (χ2v) is 8.53. The number of nitrogens with one attached hydrogen (secondary N) is 2. The molecule has 1 aliphatic heterocycles. The van der Waals surface area contributed by atoms with Crippen LogP contribution in [0.2, 0.25) is 0 Å². The molecule has 0 bridgehead atoms. The molecule has 1 saturated heterocycles. The van der Waals surface area contributed by atoms with Gasteiger partial charge in [-0.1, -0.05) is 38.1 Å². The fourth-order valence-corrected chi connectivity index (χ4v) is 4.93. The van der Waals surface area contributed by atoms with Gasteiger partial charge < -0.3 is 10.3 Å². The summed E-state index contributed by atoms with van der Waals surface area (Å²) >= 11 is 0. The molecule has 0 radical (unpaired) electrons. The van der Waals surface area contributed by atoms with Gasteiger partial charge in [0.2, 0.25) is 0 Å². The summed E-state index contributed by atoms with van der Waals surface area (Å²) in [7, 11) is 0. The lowest BCUT2D eigenvalue weighted by Gasteiger charge is -2.33. The first-order chi connectivity index (χ1) is 13.5. The molecule has 4 heteroatoms. The van der Waals surface area contributed by atoms with E-state index in [1.807, 2.05) is 18.2 Å². The predicted molar refractivity (Wildman–Crippen MR) is 110 cm³/mol. The standard InChI is InChI=1S/C24H23N3O/c1-24(2)19-12-16(15-7-9-26-10-8-15)4-6-17(19)22(28)21-18-5-3-14(13-25)11-20(18)27-23(21)24/h3-6,11-12,15,26-27H,7-10H2,1-2H3. The molecule has 0 unspecified atom stereocenters. The van der Waals surface area contributed by atoms with Gasteiger partial charge in [-0.3, -0.25) is 4.79 Å². The number of carbonyl (C=O) groups excluding carboxylic acids is 1. The summed E-state index contributed by atoms with van der Waals surface area (Å²) < 4.78 is 0. The third kappa shape index (κ3) is 2.36. The summed E-state index contributed by atoms with van der Waals surface area (Å²) in [6.07, 6.45) is 2.28. The van der Waals surface area contributed by atoms with Crippen molar-refractivity contribution in [1.29, 1.82) is 5.26 Å². The number of piperidine rings is 1. The van der Waals surface area contributed by atoms with E-state index in [4.69, 9.17) is 0 Å². The van der Waals surface area contributed by atoms with Gasteiger partial charge in [0.25, 0.3) is 0 Å². The lowest BCUT2D eigenvalue weighted by atomic mass is 9.70. The van der Waals surface area contributed by atoms with Crippen LogP contribution in [0.15, 0.2) is 36.4 Å². The molecule has 0 saturated carbocycles. The van der Waals surface area contributed by atoms with Crippen LogP contribution in [0.3, 0.4) is 0 Å². The van der Waals surface area contributed by atoms with Crippen LogP contribution < -0.4 is 5.32 Å². The Balaban J connectivity index is 1.69. The van der Waals surface area contributed by atoms with Crippen molar-refractivity contribution in [1.82, 2.24) is 10.3 Å². The molecule has 3 aromatic rings.